The molecule has 0 heterocycles. The summed E-state index contributed by atoms with van der Waals surface area (Å²) in [7, 11) is 0. The number of aliphatic hydroxyl groups is 1. The summed E-state index contributed by atoms with van der Waals surface area (Å²) in [6.07, 6.45) is 16.5. The van der Waals surface area contributed by atoms with Crippen LogP contribution in [0.25, 0.3) is 0 Å². The molecule has 0 amide bonds. The van der Waals surface area contributed by atoms with E-state index in [0.29, 0.717) is 17.6 Å². The second-order valence-corrected chi connectivity index (χ2v) is 6.87. The molecule has 0 saturated heterocycles. The molecular formula is C18H22O. The van der Waals surface area contributed by atoms with Crippen molar-refractivity contribution in [2.24, 2.45) is 17.3 Å². The van der Waals surface area contributed by atoms with E-state index < -0.39 is 0 Å². The lowest BCUT2D eigenvalue weighted by molar-refractivity contribution is 0.253. The predicted molar refractivity (Wildman–Crippen MR) is 77.7 cm³/mol. The monoisotopic (exact) mass is 254 g/mol. The number of aliphatic hydroxyl groups excluding tert-OH is 1. The molecule has 1 N–H and O–H groups in total. The first-order chi connectivity index (χ1) is 9.19. The largest absolute Gasteiger partial charge is 0.508 e. The Morgan fingerprint density at radius 2 is 2.11 bits per heavy atom. The lowest BCUT2D eigenvalue weighted by Gasteiger charge is -2.45. The normalized spacial score (nSPS) is 40.3. The van der Waals surface area contributed by atoms with Gasteiger partial charge in [0.2, 0.25) is 0 Å². The lowest BCUT2D eigenvalue weighted by atomic mass is 9.59. The van der Waals surface area contributed by atoms with Crippen molar-refractivity contribution >= 4 is 0 Å². The predicted octanol–water partition coefficient (Wildman–Crippen LogP) is 4.84. The summed E-state index contributed by atoms with van der Waals surface area (Å²) in [6, 6.07) is 0. The van der Waals surface area contributed by atoms with Gasteiger partial charge in [0.15, 0.2) is 0 Å². The molecule has 0 aliphatic heterocycles. The summed E-state index contributed by atoms with van der Waals surface area (Å²) < 4.78 is 0. The molecule has 0 radical (unpaired) electrons. The van der Waals surface area contributed by atoms with E-state index in [0.717, 1.165) is 0 Å². The molecule has 4 rings (SSSR count). The molecule has 0 unspecified atom stereocenters. The lowest BCUT2D eigenvalue weighted by Crippen LogP contribution is -2.34. The molecule has 0 spiro atoms. The summed E-state index contributed by atoms with van der Waals surface area (Å²) in [5.41, 5.74) is 4.36. The van der Waals surface area contributed by atoms with Gasteiger partial charge in [0, 0.05) is 11.0 Å². The molecule has 1 heteroatoms. The van der Waals surface area contributed by atoms with Crippen molar-refractivity contribution in [1.29, 1.82) is 0 Å². The van der Waals surface area contributed by atoms with Gasteiger partial charge in [0.05, 0.1) is 0 Å². The SMILES string of the molecule is C[C@@]12C=CC=C1C1=C(O)C=C3CCCC[C@@H]3[C@H]1CC2. The van der Waals surface area contributed by atoms with Gasteiger partial charge in [-0.25, -0.2) is 0 Å². The Morgan fingerprint density at radius 3 is 3.00 bits per heavy atom. The van der Waals surface area contributed by atoms with Crippen molar-refractivity contribution in [3.8, 4) is 0 Å². The topological polar surface area (TPSA) is 20.2 Å². The van der Waals surface area contributed by atoms with E-state index >= 15 is 0 Å². The molecule has 4 aliphatic rings. The minimum Gasteiger partial charge on any atom is -0.508 e. The van der Waals surface area contributed by atoms with E-state index in [1.807, 2.05) is 0 Å². The minimum atomic E-state index is 0.180. The molecule has 3 atom stereocenters. The zero-order valence-electron chi connectivity index (χ0n) is 11.7. The van der Waals surface area contributed by atoms with E-state index in [4.69, 9.17) is 0 Å². The first-order valence-electron chi connectivity index (χ1n) is 7.73. The molecule has 4 aliphatic carbocycles. The maximum absolute atomic E-state index is 10.5. The quantitative estimate of drug-likeness (QED) is 0.655. The first-order valence-corrected chi connectivity index (χ1v) is 7.73. The fourth-order valence-electron chi connectivity index (χ4n) is 4.74. The molecule has 100 valence electrons. The second-order valence-electron chi connectivity index (χ2n) is 6.87. The van der Waals surface area contributed by atoms with Gasteiger partial charge in [-0.1, -0.05) is 37.1 Å². The highest BCUT2D eigenvalue weighted by Crippen LogP contribution is 2.56. The van der Waals surface area contributed by atoms with Crippen LogP contribution < -0.4 is 0 Å². The number of hydrogen-bond donors (Lipinski definition) is 1. The summed E-state index contributed by atoms with van der Waals surface area (Å²) in [4.78, 5) is 0. The molecule has 2 fully saturated rings. The maximum atomic E-state index is 10.5. The van der Waals surface area contributed by atoms with E-state index in [2.05, 4.69) is 31.2 Å². The Balaban J connectivity index is 1.83. The number of hydrogen-bond acceptors (Lipinski definition) is 1. The Labute approximate surface area is 115 Å². The van der Waals surface area contributed by atoms with Crippen LogP contribution in [0.15, 0.2) is 46.8 Å². The Bertz CT molecular complexity index is 546. The fourth-order valence-corrected chi connectivity index (χ4v) is 4.74. The Morgan fingerprint density at radius 1 is 1.21 bits per heavy atom. The maximum Gasteiger partial charge on any atom is 0.119 e. The van der Waals surface area contributed by atoms with Crippen LogP contribution in [0.4, 0.5) is 0 Å². The molecule has 0 aromatic heterocycles. The standard InChI is InChI=1S/C18H22O/c1-18-9-4-7-15(18)17-14(8-10-18)13-6-3-2-5-12(13)11-16(17)19/h4,7,9,11,13-14,19H,2-3,5-6,8,10H2,1H3/t13-,14+,18-/m0/s1. The van der Waals surface area contributed by atoms with Gasteiger partial charge in [0.25, 0.3) is 0 Å². The second kappa shape index (κ2) is 3.88. The van der Waals surface area contributed by atoms with Crippen LogP contribution in [0.5, 0.6) is 0 Å². The zero-order valence-corrected chi connectivity index (χ0v) is 11.7. The molecule has 2 saturated carbocycles. The molecular weight excluding hydrogens is 232 g/mol. The van der Waals surface area contributed by atoms with Gasteiger partial charge < -0.3 is 5.11 Å². The molecule has 19 heavy (non-hydrogen) atoms. The van der Waals surface area contributed by atoms with Crippen LogP contribution in [0, 0.1) is 17.3 Å². The molecule has 0 aromatic carbocycles. The first kappa shape index (κ1) is 11.6. The van der Waals surface area contributed by atoms with Crippen molar-refractivity contribution < 1.29 is 5.11 Å². The van der Waals surface area contributed by atoms with E-state index in [-0.39, 0.29) is 5.41 Å². The van der Waals surface area contributed by atoms with Gasteiger partial charge in [0.1, 0.15) is 5.76 Å². The van der Waals surface area contributed by atoms with Crippen LogP contribution in [-0.4, -0.2) is 5.11 Å². The van der Waals surface area contributed by atoms with Crippen molar-refractivity contribution in [3.05, 3.63) is 46.8 Å². The summed E-state index contributed by atoms with van der Waals surface area (Å²) >= 11 is 0. The zero-order chi connectivity index (χ0) is 13.0. The molecule has 0 aromatic rings. The molecule has 1 nitrogen and oxygen atoms in total. The Hall–Kier alpha value is -1.24. The van der Waals surface area contributed by atoms with E-state index in [1.165, 1.54) is 55.2 Å². The highest BCUT2D eigenvalue weighted by Gasteiger charge is 2.45. The van der Waals surface area contributed by atoms with Crippen molar-refractivity contribution in [2.45, 2.75) is 45.4 Å². The van der Waals surface area contributed by atoms with Crippen LogP contribution in [-0.2, 0) is 0 Å². The highest BCUT2D eigenvalue weighted by atomic mass is 16.3. The summed E-state index contributed by atoms with van der Waals surface area (Å²) in [6.45, 7) is 2.32. The van der Waals surface area contributed by atoms with Gasteiger partial charge in [-0.05, 0) is 55.6 Å². The Kier molecular flexibility index (Phi) is 2.36. The van der Waals surface area contributed by atoms with Crippen molar-refractivity contribution in [3.63, 3.8) is 0 Å². The van der Waals surface area contributed by atoms with E-state index in [1.54, 1.807) is 0 Å². The van der Waals surface area contributed by atoms with Crippen LogP contribution >= 0.6 is 0 Å². The van der Waals surface area contributed by atoms with Crippen molar-refractivity contribution in [2.75, 3.05) is 0 Å². The molecule has 0 bridgehead atoms. The minimum absolute atomic E-state index is 0.180. The fraction of sp³-hybridized carbons (Fsp3) is 0.556. The third kappa shape index (κ3) is 1.54. The van der Waals surface area contributed by atoms with Crippen LogP contribution in [0.1, 0.15) is 45.4 Å². The van der Waals surface area contributed by atoms with Gasteiger partial charge in [-0.3, -0.25) is 0 Å². The van der Waals surface area contributed by atoms with Crippen LogP contribution in [0.3, 0.4) is 0 Å². The average molecular weight is 254 g/mol. The number of allylic oxidation sites excluding steroid dienone is 7. The van der Waals surface area contributed by atoms with Crippen LogP contribution in [0.2, 0.25) is 0 Å². The van der Waals surface area contributed by atoms with Gasteiger partial charge in [-0.2, -0.15) is 0 Å². The number of rotatable bonds is 0. The van der Waals surface area contributed by atoms with Crippen molar-refractivity contribution in [1.82, 2.24) is 0 Å². The van der Waals surface area contributed by atoms with E-state index in [9.17, 15) is 5.11 Å². The van der Waals surface area contributed by atoms with Gasteiger partial charge >= 0.3 is 0 Å². The number of fused-ring (bicyclic) bond motifs is 5. The average Bonchev–Trinajstić information content (AvgIpc) is 2.80. The highest BCUT2D eigenvalue weighted by molar-refractivity contribution is 5.54. The summed E-state index contributed by atoms with van der Waals surface area (Å²) in [5, 5.41) is 10.5. The smallest absolute Gasteiger partial charge is 0.119 e. The third-order valence-electron chi connectivity index (χ3n) is 5.77. The third-order valence-corrected chi connectivity index (χ3v) is 5.77. The summed E-state index contributed by atoms with van der Waals surface area (Å²) in [5.74, 6) is 1.87. The van der Waals surface area contributed by atoms with Gasteiger partial charge in [-0.15, -0.1) is 0 Å².